The number of nitrogens with one attached hydrogen (secondary N) is 1. The van der Waals surface area contributed by atoms with Gasteiger partial charge in [0.15, 0.2) is 0 Å². The van der Waals surface area contributed by atoms with Gasteiger partial charge in [-0.15, -0.1) is 0 Å². The average Bonchev–Trinajstić information content (AvgIpc) is 2.53. The number of morpholine rings is 1. The van der Waals surface area contributed by atoms with E-state index in [-0.39, 0.29) is 0 Å². The van der Waals surface area contributed by atoms with Gasteiger partial charge in [-0.25, -0.2) is 0 Å². The van der Waals surface area contributed by atoms with Gasteiger partial charge in [-0.1, -0.05) is 19.1 Å². The Morgan fingerprint density at radius 3 is 2.75 bits per heavy atom. The van der Waals surface area contributed by atoms with Crippen LogP contribution in [-0.2, 0) is 4.74 Å². The van der Waals surface area contributed by atoms with Crippen LogP contribution in [0.2, 0.25) is 0 Å². The third-order valence-electron chi connectivity index (χ3n) is 3.99. The number of nitrogens with zero attached hydrogens (tertiary/aromatic N) is 1. The monoisotopic (exact) mass is 278 g/mol. The third kappa shape index (κ3) is 3.95. The smallest absolute Gasteiger partial charge is 0.118 e. The molecule has 1 aromatic carbocycles. The van der Waals surface area contributed by atoms with Crippen molar-refractivity contribution >= 4 is 0 Å². The van der Waals surface area contributed by atoms with Crippen molar-refractivity contribution in [3.05, 3.63) is 29.8 Å². The summed E-state index contributed by atoms with van der Waals surface area (Å²) in [5, 5.41) is 3.41. The summed E-state index contributed by atoms with van der Waals surface area (Å²) in [4.78, 5) is 2.49. The predicted octanol–water partition coefficient (Wildman–Crippen LogP) is 2.07. The maximum absolute atomic E-state index is 5.73. The largest absolute Gasteiger partial charge is 0.497 e. The van der Waals surface area contributed by atoms with Gasteiger partial charge < -0.3 is 14.8 Å². The number of ether oxygens (including phenoxy) is 2. The number of benzene rings is 1. The van der Waals surface area contributed by atoms with E-state index in [9.17, 15) is 0 Å². The number of likely N-dealkylation sites (N-methyl/N-ethyl adjacent to an activating group) is 1. The minimum Gasteiger partial charge on any atom is -0.497 e. The molecule has 1 aliphatic heterocycles. The van der Waals surface area contributed by atoms with Crippen LogP contribution in [0.3, 0.4) is 0 Å². The molecule has 4 nitrogen and oxygen atoms in total. The van der Waals surface area contributed by atoms with Crippen molar-refractivity contribution in [2.24, 2.45) is 0 Å². The Morgan fingerprint density at radius 2 is 2.15 bits per heavy atom. The number of methoxy groups -OCH3 is 1. The van der Waals surface area contributed by atoms with Crippen LogP contribution in [0, 0.1) is 0 Å². The van der Waals surface area contributed by atoms with E-state index in [1.165, 1.54) is 5.56 Å². The summed E-state index contributed by atoms with van der Waals surface area (Å²) in [5.74, 6) is 0.904. The quantitative estimate of drug-likeness (QED) is 0.863. The molecule has 0 saturated carbocycles. The van der Waals surface area contributed by atoms with Gasteiger partial charge in [0.2, 0.25) is 0 Å². The van der Waals surface area contributed by atoms with Gasteiger partial charge in [-0.05, 0) is 31.2 Å². The van der Waals surface area contributed by atoms with Crippen molar-refractivity contribution in [3.8, 4) is 5.75 Å². The molecule has 2 rings (SSSR count). The van der Waals surface area contributed by atoms with Crippen molar-refractivity contribution in [3.63, 3.8) is 0 Å². The standard InChI is InChI=1S/C16H26N2O2/c1-4-14-11-18(9-10-20-14)12-16(17-2)13-5-7-15(19-3)8-6-13/h5-8,14,16-17H,4,9-12H2,1-3H3. The van der Waals surface area contributed by atoms with Crippen LogP contribution in [0.4, 0.5) is 0 Å². The second kappa shape index (κ2) is 7.62. The molecular weight excluding hydrogens is 252 g/mol. The van der Waals surface area contributed by atoms with Gasteiger partial charge in [-0.3, -0.25) is 4.90 Å². The van der Waals surface area contributed by atoms with E-state index in [4.69, 9.17) is 9.47 Å². The third-order valence-corrected chi connectivity index (χ3v) is 3.99. The van der Waals surface area contributed by atoms with Crippen molar-refractivity contribution in [1.29, 1.82) is 0 Å². The Labute approximate surface area is 122 Å². The fourth-order valence-electron chi connectivity index (χ4n) is 2.65. The van der Waals surface area contributed by atoms with Crippen LogP contribution in [0.1, 0.15) is 24.9 Å². The molecular formula is C16H26N2O2. The number of hydrogen-bond donors (Lipinski definition) is 1. The molecule has 1 heterocycles. The summed E-state index contributed by atoms with van der Waals surface area (Å²) in [6.45, 7) is 6.10. The molecule has 0 spiro atoms. The lowest BCUT2D eigenvalue weighted by Gasteiger charge is -2.34. The molecule has 1 fully saturated rings. The van der Waals surface area contributed by atoms with E-state index in [0.717, 1.165) is 38.4 Å². The molecule has 1 aromatic rings. The molecule has 112 valence electrons. The molecule has 20 heavy (non-hydrogen) atoms. The average molecular weight is 278 g/mol. The molecule has 0 amide bonds. The predicted molar refractivity (Wildman–Crippen MR) is 81.3 cm³/mol. The van der Waals surface area contributed by atoms with E-state index < -0.39 is 0 Å². The van der Waals surface area contributed by atoms with Crippen LogP contribution in [0.25, 0.3) is 0 Å². The molecule has 0 aromatic heterocycles. The summed E-state index contributed by atoms with van der Waals surface area (Å²) in [6.07, 6.45) is 1.47. The molecule has 1 N–H and O–H groups in total. The zero-order chi connectivity index (χ0) is 14.4. The normalized spacial score (nSPS) is 21.6. The van der Waals surface area contributed by atoms with Gasteiger partial charge in [0, 0.05) is 25.7 Å². The summed E-state index contributed by atoms with van der Waals surface area (Å²) < 4.78 is 10.9. The van der Waals surface area contributed by atoms with Crippen molar-refractivity contribution in [2.45, 2.75) is 25.5 Å². The van der Waals surface area contributed by atoms with Crippen LogP contribution < -0.4 is 10.1 Å². The lowest BCUT2D eigenvalue weighted by molar-refractivity contribution is -0.0320. The van der Waals surface area contributed by atoms with Gasteiger partial charge in [0.05, 0.1) is 19.8 Å². The minimum atomic E-state index is 0.344. The highest BCUT2D eigenvalue weighted by Gasteiger charge is 2.21. The SMILES string of the molecule is CCC1CN(CC(NC)c2ccc(OC)cc2)CCO1. The molecule has 2 atom stereocenters. The van der Waals surface area contributed by atoms with Crippen molar-refractivity contribution in [2.75, 3.05) is 40.4 Å². The van der Waals surface area contributed by atoms with Crippen LogP contribution in [-0.4, -0.2) is 51.4 Å². The number of rotatable bonds is 6. The Hall–Kier alpha value is -1.10. The second-order valence-electron chi connectivity index (χ2n) is 5.28. The molecule has 0 radical (unpaired) electrons. The van der Waals surface area contributed by atoms with E-state index in [2.05, 4.69) is 29.3 Å². The fourth-order valence-corrected chi connectivity index (χ4v) is 2.65. The first-order chi connectivity index (χ1) is 9.76. The van der Waals surface area contributed by atoms with Crippen LogP contribution in [0.5, 0.6) is 5.75 Å². The second-order valence-corrected chi connectivity index (χ2v) is 5.28. The maximum Gasteiger partial charge on any atom is 0.118 e. The first-order valence-electron chi connectivity index (χ1n) is 7.42. The van der Waals surface area contributed by atoms with E-state index >= 15 is 0 Å². The Bertz CT molecular complexity index is 394. The topological polar surface area (TPSA) is 33.7 Å². The van der Waals surface area contributed by atoms with Gasteiger partial charge in [-0.2, -0.15) is 0 Å². The lowest BCUT2D eigenvalue weighted by Crippen LogP contribution is -2.45. The summed E-state index contributed by atoms with van der Waals surface area (Å²) in [6, 6.07) is 8.66. The van der Waals surface area contributed by atoms with Gasteiger partial charge in [0.1, 0.15) is 5.75 Å². The molecule has 1 aliphatic rings. The highest BCUT2D eigenvalue weighted by molar-refractivity contribution is 5.29. The van der Waals surface area contributed by atoms with Crippen LogP contribution in [0.15, 0.2) is 24.3 Å². The number of hydrogen-bond acceptors (Lipinski definition) is 4. The summed E-state index contributed by atoms with van der Waals surface area (Å²) in [5.41, 5.74) is 1.30. The summed E-state index contributed by atoms with van der Waals surface area (Å²) in [7, 11) is 3.72. The van der Waals surface area contributed by atoms with Gasteiger partial charge >= 0.3 is 0 Å². The van der Waals surface area contributed by atoms with E-state index in [1.807, 2.05) is 19.2 Å². The molecule has 2 unspecified atom stereocenters. The first kappa shape index (κ1) is 15.3. The van der Waals surface area contributed by atoms with Gasteiger partial charge in [0.25, 0.3) is 0 Å². The molecule has 4 heteroatoms. The highest BCUT2D eigenvalue weighted by Crippen LogP contribution is 2.19. The Balaban J connectivity index is 1.97. The first-order valence-corrected chi connectivity index (χ1v) is 7.42. The van der Waals surface area contributed by atoms with Crippen molar-refractivity contribution in [1.82, 2.24) is 10.2 Å². The van der Waals surface area contributed by atoms with E-state index in [1.54, 1.807) is 7.11 Å². The Kier molecular flexibility index (Phi) is 5.83. The zero-order valence-corrected chi connectivity index (χ0v) is 12.8. The zero-order valence-electron chi connectivity index (χ0n) is 12.8. The van der Waals surface area contributed by atoms with Crippen LogP contribution >= 0.6 is 0 Å². The summed E-state index contributed by atoms with van der Waals surface area (Å²) >= 11 is 0. The van der Waals surface area contributed by atoms with E-state index in [0.29, 0.717) is 12.1 Å². The molecule has 1 saturated heterocycles. The highest BCUT2D eigenvalue weighted by atomic mass is 16.5. The molecule has 0 bridgehead atoms. The lowest BCUT2D eigenvalue weighted by atomic mass is 10.1. The fraction of sp³-hybridized carbons (Fsp3) is 0.625. The minimum absolute atomic E-state index is 0.344. The Morgan fingerprint density at radius 1 is 1.40 bits per heavy atom. The maximum atomic E-state index is 5.73. The van der Waals surface area contributed by atoms with Crippen molar-refractivity contribution < 1.29 is 9.47 Å². The molecule has 0 aliphatic carbocycles.